The van der Waals surface area contributed by atoms with Crippen molar-refractivity contribution in [1.82, 2.24) is 4.90 Å². The third-order valence-electron chi connectivity index (χ3n) is 3.97. The van der Waals surface area contributed by atoms with Gasteiger partial charge in [-0.25, -0.2) is 0 Å². The normalized spacial score (nSPS) is 26.4. The van der Waals surface area contributed by atoms with Crippen molar-refractivity contribution < 1.29 is 0 Å². The predicted molar refractivity (Wildman–Crippen MR) is 76.6 cm³/mol. The fraction of sp³-hybridized carbons (Fsp3) is 0.600. The summed E-state index contributed by atoms with van der Waals surface area (Å²) in [6, 6.07) is 11.5. The third kappa shape index (κ3) is 3.26. The summed E-state index contributed by atoms with van der Waals surface area (Å²) in [4.78, 5) is 3.80. The Morgan fingerprint density at radius 3 is 2.53 bits per heavy atom. The van der Waals surface area contributed by atoms with Crippen LogP contribution in [0.5, 0.6) is 0 Å². The Labute approximate surface area is 110 Å². The molecule has 17 heavy (non-hydrogen) atoms. The highest BCUT2D eigenvalue weighted by Gasteiger charge is 2.32. The lowest BCUT2D eigenvalue weighted by Gasteiger charge is -2.30. The van der Waals surface area contributed by atoms with Gasteiger partial charge >= 0.3 is 0 Å². The molecule has 2 rings (SSSR count). The van der Waals surface area contributed by atoms with Crippen LogP contribution in [0.4, 0.5) is 0 Å². The van der Waals surface area contributed by atoms with E-state index in [1.54, 1.807) is 0 Å². The molecule has 0 N–H and O–H groups in total. The van der Waals surface area contributed by atoms with E-state index in [0.717, 1.165) is 11.2 Å². The Morgan fingerprint density at radius 1 is 1.18 bits per heavy atom. The van der Waals surface area contributed by atoms with Crippen LogP contribution in [0.15, 0.2) is 35.2 Å². The van der Waals surface area contributed by atoms with Crippen LogP contribution in [-0.2, 0) is 0 Å². The molecule has 0 heterocycles. The Balaban J connectivity index is 2.00. The maximum Gasteiger partial charge on any atom is 0.0137 e. The average molecular weight is 249 g/mol. The van der Waals surface area contributed by atoms with Gasteiger partial charge in [0.15, 0.2) is 0 Å². The molecule has 1 aliphatic carbocycles. The first-order chi connectivity index (χ1) is 8.18. The number of thioether (sulfide) groups is 1. The summed E-state index contributed by atoms with van der Waals surface area (Å²) >= 11 is 2.08. The van der Waals surface area contributed by atoms with E-state index in [1.165, 1.54) is 24.2 Å². The minimum Gasteiger partial charge on any atom is -0.306 e. The molecule has 94 valence electrons. The molecular formula is C15H23NS. The standard InChI is InChI=1S/C15H23NS/c1-12(16(2)3)14-10-7-11-15(14)17-13-8-5-4-6-9-13/h4-6,8-9,12,14-15H,7,10-11H2,1-3H3/t12-,14?,15?/m1/s1. The lowest BCUT2D eigenvalue weighted by Crippen LogP contribution is -2.35. The quantitative estimate of drug-likeness (QED) is 0.796. The Morgan fingerprint density at radius 2 is 1.88 bits per heavy atom. The second kappa shape index (κ2) is 5.92. The molecule has 2 heteroatoms. The first kappa shape index (κ1) is 13.0. The van der Waals surface area contributed by atoms with Gasteiger partial charge in [0.05, 0.1) is 0 Å². The molecule has 0 saturated heterocycles. The van der Waals surface area contributed by atoms with Crippen molar-refractivity contribution in [3.63, 3.8) is 0 Å². The first-order valence-electron chi connectivity index (χ1n) is 6.56. The Bertz CT molecular complexity index is 336. The molecule has 0 radical (unpaired) electrons. The zero-order valence-corrected chi connectivity index (χ0v) is 11.9. The van der Waals surface area contributed by atoms with Crippen LogP contribution in [0, 0.1) is 5.92 Å². The van der Waals surface area contributed by atoms with E-state index in [-0.39, 0.29) is 0 Å². The fourth-order valence-electron chi connectivity index (χ4n) is 2.71. The van der Waals surface area contributed by atoms with Crippen molar-refractivity contribution in [2.45, 2.75) is 42.4 Å². The molecule has 1 fully saturated rings. The smallest absolute Gasteiger partial charge is 0.0137 e. The summed E-state index contributed by atoms with van der Waals surface area (Å²) in [6.45, 7) is 2.37. The summed E-state index contributed by atoms with van der Waals surface area (Å²) in [6.07, 6.45) is 4.17. The number of nitrogens with zero attached hydrogens (tertiary/aromatic N) is 1. The highest BCUT2D eigenvalue weighted by molar-refractivity contribution is 8.00. The van der Waals surface area contributed by atoms with Crippen LogP contribution in [0.25, 0.3) is 0 Å². The van der Waals surface area contributed by atoms with Gasteiger partial charge in [0.2, 0.25) is 0 Å². The van der Waals surface area contributed by atoms with Crippen LogP contribution < -0.4 is 0 Å². The van der Waals surface area contributed by atoms with E-state index in [9.17, 15) is 0 Å². The Kier molecular flexibility index (Phi) is 4.52. The molecule has 1 nitrogen and oxygen atoms in total. The van der Waals surface area contributed by atoms with Crippen molar-refractivity contribution in [2.24, 2.45) is 5.92 Å². The molecule has 1 aromatic carbocycles. The first-order valence-corrected chi connectivity index (χ1v) is 7.44. The summed E-state index contributed by atoms with van der Waals surface area (Å²) in [5.41, 5.74) is 0. The molecule has 1 aliphatic rings. The summed E-state index contributed by atoms with van der Waals surface area (Å²) in [5.74, 6) is 0.843. The van der Waals surface area contributed by atoms with Gasteiger partial charge in [-0.2, -0.15) is 0 Å². The average Bonchev–Trinajstić information content (AvgIpc) is 2.77. The predicted octanol–water partition coefficient (Wildman–Crippen LogP) is 3.90. The number of rotatable bonds is 4. The van der Waals surface area contributed by atoms with E-state index >= 15 is 0 Å². The number of hydrogen-bond donors (Lipinski definition) is 0. The molecule has 3 atom stereocenters. The molecule has 2 unspecified atom stereocenters. The van der Waals surface area contributed by atoms with Crippen LogP contribution in [0.1, 0.15) is 26.2 Å². The van der Waals surface area contributed by atoms with Gasteiger partial charge < -0.3 is 4.90 Å². The molecule has 1 saturated carbocycles. The van der Waals surface area contributed by atoms with Crippen molar-refractivity contribution in [1.29, 1.82) is 0 Å². The van der Waals surface area contributed by atoms with Crippen LogP contribution in [0.2, 0.25) is 0 Å². The van der Waals surface area contributed by atoms with Crippen molar-refractivity contribution in [2.75, 3.05) is 14.1 Å². The van der Waals surface area contributed by atoms with E-state index in [0.29, 0.717) is 6.04 Å². The van der Waals surface area contributed by atoms with Gasteiger partial charge in [0.1, 0.15) is 0 Å². The van der Waals surface area contributed by atoms with Crippen molar-refractivity contribution in [3.05, 3.63) is 30.3 Å². The van der Waals surface area contributed by atoms with Gasteiger partial charge in [0, 0.05) is 16.2 Å². The maximum absolute atomic E-state index is 2.37. The lowest BCUT2D eigenvalue weighted by molar-refractivity contribution is 0.233. The van der Waals surface area contributed by atoms with Gasteiger partial charge in [-0.15, -0.1) is 11.8 Å². The van der Waals surface area contributed by atoms with Gasteiger partial charge in [0.25, 0.3) is 0 Å². The molecule has 1 aromatic rings. The van der Waals surface area contributed by atoms with Crippen LogP contribution in [0.3, 0.4) is 0 Å². The Hall–Kier alpha value is -0.470. The van der Waals surface area contributed by atoms with E-state index in [2.05, 4.69) is 68.0 Å². The molecule has 0 bridgehead atoms. The molecule has 0 spiro atoms. The van der Waals surface area contributed by atoms with E-state index < -0.39 is 0 Å². The zero-order valence-electron chi connectivity index (χ0n) is 11.1. The van der Waals surface area contributed by atoms with E-state index in [4.69, 9.17) is 0 Å². The fourth-order valence-corrected chi connectivity index (χ4v) is 4.20. The molecule has 0 aliphatic heterocycles. The van der Waals surface area contributed by atoms with Crippen molar-refractivity contribution in [3.8, 4) is 0 Å². The van der Waals surface area contributed by atoms with Crippen LogP contribution in [-0.4, -0.2) is 30.3 Å². The topological polar surface area (TPSA) is 3.24 Å². The van der Waals surface area contributed by atoms with Gasteiger partial charge in [-0.1, -0.05) is 24.6 Å². The monoisotopic (exact) mass is 249 g/mol. The second-order valence-electron chi connectivity index (χ2n) is 5.27. The highest BCUT2D eigenvalue weighted by atomic mass is 32.2. The van der Waals surface area contributed by atoms with Crippen LogP contribution >= 0.6 is 11.8 Å². The third-order valence-corrected chi connectivity index (χ3v) is 5.40. The SMILES string of the molecule is C[C@H](C1CCCC1Sc1ccccc1)N(C)C. The number of benzene rings is 1. The molecular weight excluding hydrogens is 226 g/mol. The second-order valence-corrected chi connectivity index (χ2v) is 6.58. The minimum atomic E-state index is 0.693. The van der Waals surface area contributed by atoms with E-state index in [1.807, 2.05) is 0 Å². The van der Waals surface area contributed by atoms with Gasteiger partial charge in [-0.3, -0.25) is 0 Å². The van der Waals surface area contributed by atoms with Gasteiger partial charge in [-0.05, 0) is 51.9 Å². The zero-order chi connectivity index (χ0) is 12.3. The summed E-state index contributed by atoms with van der Waals surface area (Å²) < 4.78 is 0. The summed E-state index contributed by atoms with van der Waals surface area (Å²) in [5, 5.41) is 0.801. The molecule has 0 aromatic heterocycles. The minimum absolute atomic E-state index is 0.693. The molecule has 0 amide bonds. The lowest BCUT2D eigenvalue weighted by atomic mass is 9.99. The maximum atomic E-state index is 2.37. The number of hydrogen-bond acceptors (Lipinski definition) is 2. The van der Waals surface area contributed by atoms with Crippen molar-refractivity contribution >= 4 is 11.8 Å². The largest absolute Gasteiger partial charge is 0.306 e. The highest BCUT2D eigenvalue weighted by Crippen LogP contribution is 2.41. The summed E-state index contributed by atoms with van der Waals surface area (Å²) in [7, 11) is 4.40.